The highest BCUT2D eigenvalue weighted by Crippen LogP contribution is 2.07. The number of rotatable bonds is 3. The zero-order valence-corrected chi connectivity index (χ0v) is 6.86. The average molecular weight is 155 g/mol. The topological polar surface area (TPSA) is 0 Å². The summed E-state index contributed by atoms with van der Waals surface area (Å²) in [5, 5.41) is 0.674. The molecule has 0 radical (unpaired) electrons. The Morgan fingerprint density at radius 3 is 2.40 bits per heavy atom. The van der Waals surface area contributed by atoms with Gasteiger partial charge in [0.25, 0.3) is 0 Å². The van der Waals surface area contributed by atoms with Crippen LogP contribution in [0.15, 0.2) is 48.1 Å². The maximum atomic E-state index is 5.72. The van der Waals surface area contributed by atoms with Crippen molar-refractivity contribution in [3.8, 4) is 0 Å². The predicted molar refractivity (Wildman–Crippen MR) is 48.1 cm³/mol. The fourth-order valence-corrected chi connectivity index (χ4v) is 0.698. The lowest BCUT2D eigenvalue weighted by Crippen LogP contribution is -1.67. The van der Waals surface area contributed by atoms with Crippen molar-refractivity contribution < 1.29 is 0 Å². The standard InChI is InChI=1S/C9H11Cl/c1-4-6-9(10)7-8(3)5-2/h4-7H,1-2H2,3H3/b8-7-,9-6+. The molecule has 0 N–H and O–H groups in total. The maximum Gasteiger partial charge on any atom is 0.0408 e. The third-order valence-corrected chi connectivity index (χ3v) is 1.20. The van der Waals surface area contributed by atoms with E-state index in [1.807, 2.05) is 13.0 Å². The highest BCUT2D eigenvalue weighted by molar-refractivity contribution is 6.31. The Hall–Kier alpha value is -0.750. The van der Waals surface area contributed by atoms with E-state index in [0.29, 0.717) is 5.03 Å². The molecule has 0 aromatic carbocycles. The summed E-state index contributed by atoms with van der Waals surface area (Å²) in [5.74, 6) is 0. The number of hydrogen-bond acceptors (Lipinski definition) is 0. The monoisotopic (exact) mass is 154 g/mol. The van der Waals surface area contributed by atoms with Crippen LogP contribution in [0.4, 0.5) is 0 Å². The zero-order valence-electron chi connectivity index (χ0n) is 6.10. The van der Waals surface area contributed by atoms with Crippen LogP contribution in [0.5, 0.6) is 0 Å². The Morgan fingerprint density at radius 2 is 2.00 bits per heavy atom. The van der Waals surface area contributed by atoms with Crippen molar-refractivity contribution in [2.45, 2.75) is 6.92 Å². The summed E-state index contributed by atoms with van der Waals surface area (Å²) in [4.78, 5) is 0. The van der Waals surface area contributed by atoms with Crippen LogP contribution >= 0.6 is 11.6 Å². The number of halogens is 1. The van der Waals surface area contributed by atoms with E-state index >= 15 is 0 Å². The van der Waals surface area contributed by atoms with Crippen LogP contribution in [-0.4, -0.2) is 0 Å². The van der Waals surface area contributed by atoms with Gasteiger partial charge in [0.2, 0.25) is 0 Å². The summed E-state index contributed by atoms with van der Waals surface area (Å²) < 4.78 is 0. The maximum absolute atomic E-state index is 5.72. The molecule has 0 amide bonds. The van der Waals surface area contributed by atoms with Gasteiger partial charge in [0, 0.05) is 5.03 Å². The number of allylic oxidation sites excluding steroid dienone is 6. The van der Waals surface area contributed by atoms with E-state index in [9.17, 15) is 0 Å². The molecular weight excluding hydrogens is 144 g/mol. The second kappa shape index (κ2) is 5.07. The fraction of sp³-hybridized carbons (Fsp3) is 0.111. The average Bonchev–Trinajstić information content (AvgIpc) is 1.88. The molecule has 1 heteroatoms. The molecular formula is C9H11Cl. The molecule has 0 bridgehead atoms. The van der Waals surface area contributed by atoms with Gasteiger partial charge in [-0.1, -0.05) is 42.5 Å². The Balaban J connectivity index is 4.24. The van der Waals surface area contributed by atoms with Crippen molar-refractivity contribution in [2.24, 2.45) is 0 Å². The van der Waals surface area contributed by atoms with Gasteiger partial charge < -0.3 is 0 Å². The van der Waals surface area contributed by atoms with Gasteiger partial charge in [0.1, 0.15) is 0 Å². The third kappa shape index (κ3) is 4.16. The van der Waals surface area contributed by atoms with Gasteiger partial charge in [-0.2, -0.15) is 0 Å². The molecule has 0 saturated heterocycles. The van der Waals surface area contributed by atoms with Crippen LogP contribution in [0.1, 0.15) is 6.92 Å². The molecule has 54 valence electrons. The first-order valence-electron chi connectivity index (χ1n) is 2.99. The Bertz CT molecular complexity index is 185. The van der Waals surface area contributed by atoms with E-state index in [-0.39, 0.29) is 0 Å². The molecule has 10 heavy (non-hydrogen) atoms. The van der Waals surface area contributed by atoms with Crippen LogP contribution in [-0.2, 0) is 0 Å². The van der Waals surface area contributed by atoms with Crippen molar-refractivity contribution in [2.75, 3.05) is 0 Å². The van der Waals surface area contributed by atoms with Crippen molar-refractivity contribution >= 4 is 11.6 Å². The molecule has 0 aromatic heterocycles. The Labute approximate surface area is 67.2 Å². The summed E-state index contributed by atoms with van der Waals surface area (Å²) in [6.07, 6.45) is 6.96. The second-order valence-electron chi connectivity index (χ2n) is 1.88. The minimum atomic E-state index is 0.674. The predicted octanol–water partition coefficient (Wildman–Crippen LogP) is 3.43. The lowest BCUT2D eigenvalue weighted by Gasteiger charge is -1.88. The Kier molecular flexibility index (Phi) is 4.69. The van der Waals surface area contributed by atoms with Gasteiger partial charge in [-0.05, 0) is 19.1 Å². The minimum absolute atomic E-state index is 0.674. The summed E-state index contributed by atoms with van der Waals surface area (Å²) in [6.45, 7) is 9.05. The van der Waals surface area contributed by atoms with Crippen LogP contribution in [0.25, 0.3) is 0 Å². The van der Waals surface area contributed by atoms with Crippen molar-refractivity contribution in [1.29, 1.82) is 0 Å². The quantitative estimate of drug-likeness (QED) is 0.547. The molecule has 0 aliphatic rings. The Morgan fingerprint density at radius 1 is 1.40 bits per heavy atom. The lowest BCUT2D eigenvalue weighted by molar-refractivity contribution is 1.53. The molecule has 0 saturated carbocycles. The first-order valence-corrected chi connectivity index (χ1v) is 3.37. The molecule has 0 unspecified atom stereocenters. The fourth-order valence-electron chi connectivity index (χ4n) is 0.437. The molecule has 0 nitrogen and oxygen atoms in total. The van der Waals surface area contributed by atoms with Crippen LogP contribution < -0.4 is 0 Å². The highest BCUT2D eigenvalue weighted by Gasteiger charge is 1.83. The van der Waals surface area contributed by atoms with Crippen molar-refractivity contribution in [3.05, 3.63) is 48.1 Å². The van der Waals surface area contributed by atoms with Gasteiger partial charge >= 0.3 is 0 Å². The van der Waals surface area contributed by atoms with E-state index in [4.69, 9.17) is 11.6 Å². The van der Waals surface area contributed by atoms with E-state index in [2.05, 4.69) is 13.2 Å². The zero-order chi connectivity index (χ0) is 7.98. The first kappa shape index (κ1) is 9.25. The largest absolute Gasteiger partial charge is 0.0990 e. The molecule has 0 rings (SSSR count). The van der Waals surface area contributed by atoms with Crippen molar-refractivity contribution in [1.82, 2.24) is 0 Å². The molecule has 0 aliphatic carbocycles. The molecule has 0 aliphatic heterocycles. The molecule has 0 heterocycles. The van der Waals surface area contributed by atoms with Crippen molar-refractivity contribution in [3.63, 3.8) is 0 Å². The summed E-state index contributed by atoms with van der Waals surface area (Å²) in [7, 11) is 0. The molecule has 0 atom stereocenters. The second-order valence-corrected chi connectivity index (χ2v) is 2.32. The van der Waals surface area contributed by atoms with Gasteiger partial charge in [-0.15, -0.1) is 0 Å². The van der Waals surface area contributed by atoms with Gasteiger partial charge in [-0.3, -0.25) is 0 Å². The molecule has 0 aromatic rings. The van der Waals surface area contributed by atoms with Gasteiger partial charge in [-0.25, -0.2) is 0 Å². The van der Waals surface area contributed by atoms with Gasteiger partial charge in [0.05, 0.1) is 0 Å². The van der Waals surface area contributed by atoms with E-state index < -0.39 is 0 Å². The summed E-state index contributed by atoms with van der Waals surface area (Å²) in [6, 6.07) is 0. The third-order valence-electron chi connectivity index (χ3n) is 0.965. The van der Waals surface area contributed by atoms with E-state index in [1.54, 1.807) is 18.2 Å². The molecule has 0 spiro atoms. The minimum Gasteiger partial charge on any atom is -0.0990 e. The summed E-state index contributed by atoms with van der Waals surface area (Å²) >= 11 is 5.72. The lowest BCUT2D eigenvalue weighted by atomic mass is 10.3. The van der Waals surface area contributed by atoms with E-state index in [1.165, 1.54) is 0 Å². The normalized spacial score (nSPS) is 13.0. The number of hydrogen-bond donors (Lipinski definition) is 0. The molecule has 0 fully saturated rings. The van der Waals surface area contributed by atoms with Crippen LogP contribution in [0.3, 0.4) is 0 Å². The highest BCUT2D eigenvalue weighted by atomic mass is 35.5. The van der Waals surface area contributed by atoms with Crippen LogP contribution in [0, 0.1) is 0 Å². The van der Waals surface area contributed by atoms with E-state index in [0.717, 1.165) is 5.57 Å². The SMILES string of the molecule is C=C/C=C(Cl)\C=C(\C)C=C. The first-order chi connectivity index (χ1) is 4.70. The summed E-state index contributed by atoms with van der Waals surface area (Å²) in [5.41, 5.74) is 1.04. The van der Waals surface area contributed by atoms with Crippen LogP contribution in [0.2, 0.25) is 0 Å². The smallest absolute Gasteiger partial charge is 0.0408 e. The van der Waals surface area contributed by atoms with Gasteiger partial charge in [0.15, 0.2) is 0 Å².